The number of halogens is 1. The maximum atomic E-state index is 13.0. The molecule has 5 heteroatoms. The number of carbonyl (C=O) groups excluding carboxylic acids is 1. The molecule has 1 amide bonds. The smallest absolute Gasteiger partial charge is 0.255 e. The number of amides is 1. The second-order valence-electron chi connectivity index (χ2n) is 6.50. The number of hydrogen-bond acceptors (Lipinski definition) is 2. The van der Waals surface area contributed by atoms with Crippen LogP contribution in [0.2, 0.25) is 0 Å². The van der Waals surface area contributed by atoms with E-state index in [0.717, 1.165) is 53.0 Å². The SMILES string of the molecule is Cc1cc(C(=O)N(C)C2CCNCC2)c(C)n1-c1cccc(Br)c1. The molecule has 0 aliphatic carbocycles. The van der Waals surface area contributed by atoms with E-state index in [2.05, 4.69) is 44.9 Å². The van der Waals surface area contributed by atoms with Crippen molar-refractivity contribution in [3.63, 3.8) is 0 Å². The van der Waals surface area contributed by atoms with Gasteiger partial charge in [0.1, 0.15) is 0 Å². The molecule has 1 aliphatic heterocycles. The molecule has 1 fully saturated rings. The van der Waals surface area contributed by atoms with Gasteiger partial charge in [-0.15, -0.1) is 0 Å². The Morgan fingerprint density at radius 1 is 1.25 bits per heavy atom. The minimum absolute atomic E-state index is 0.122. The van der Waals surface area contributed by atoms with Crippen LogP contribution in [-0.2, 0) is 0 Å². The third-order valence-electron chi connectivity index (χ3n) is 4.90. The molecule has 0 bridgehead atoms. The average Bonchev–Trinajstić information content (AvgIpc) is 2.89. The number of hydrogen-bond donors (Lipinski definition) is 1. The third-order valence-corrected chi connectivity index (χ3v) is 5.40. The number of carbonyl (C=O) groups is 1. The molecule has 0 unspecified atom stereocenters. The van der Waals surface area contributed by atoms with Gasteiger partial charge in [0.15, 0.2) is 0 Å². The van der Waals surface area contributed by atoms with E-state index in [4.69, 9.17) is 0 Å². The van der Waals surface area contributed by atoms with E-state index < -0.39 is 0 Å². The molecule has 24 heavy (non-hydrogen) atoms. The molecule has 1 aliphatic rings. The first kappa shape index (κ1) is 17.2. The van der Waals surface area contributed by atoms with Gasteiger partial charge in [0.05, 0.1) is 5.56 Å². The summed E-state index contributed by atoms with van der Waals surface area (Å²) in [5.41, 5.74) is 3.94. The standard InChI is InChI=1S/C19H24BrN3O/c1-13-11-18(19(24)22(3)16-7-9-21-10-8-16)14(2)23(13)17-6-4-5-15(20)12-17/h4-6,11-12,16,21H,7-10H2,1-3H3. The summed E-state index contributed by atoms with van der Waals surface area (Å²) in [4.78, 5) is 14.9. The number of nitrogens with one attached hydrogen (secondary N) is 1. The molecule has 2 aromatic rings. The fraction of sp³-hybridized carbons (Fsp3) is 0.421. The minimum atomic E-state index is 0.122. The predicted molar refractivity (Wildman–Crippen MR) is 101 cm³/mol. The second kappa shape index (κ2) is 7.11. The Morgan fingerprint density at radius 2 is 1.96 bits per heavy atom. The van der Waals surface area contributed by atoms with Crippen LogP contribution in [0.25, 0.3) is 5.69 Å². The molecule has 1 aromatic carbocycles. The van der Waals surface area contributed by atoms with E-state index in [9.17, 15) is 4.79 Å². The first-order valence-electron chi connectivity index (χ1n) is 8.42. The van der Waals surface area contributed by atoms with E-state index in [0.29, 0.717) is 6.04 Å². The van der Waals surface area contributed by atoms with Crippen molar-refractivity contribution in [2.75, 3.05) is 20.1 Å². The van der Waals surface area contributed by atoms with Crippen molar-refractivity contribution in [1.82, 2.24) is 14.8 Å². The summed E-state index contributed by atoms with van der Waals surface area (Å²) in [6, 6.07) is 10.5. The molecule has 1 N–H and O–H groups in total. The van der Waals surface area contributed by atoms with Gasteiger partial charge >= 0.3 is 0 Å². The summed E-state index contributed by atoms with van der Waals surface area (Å²) < 4.78 is 3.18. The van der Waals surface area contributed by atoms with Gasteiger partial charge in [0, 0.05) is 34.6 Å². The van der Waals surface area contributed by atoms with Crippen molar-refractivity contribution in [2.45, 2.75) is 32.7 Å². The van der Waals surface area contributed by atoms with Gasteiger partial charge in [-0.1, -0.05) is 22.0 Å². The lowest BCUT2D eigenvalue weighted by Crippen LogP contribution is -2.44. The fourth-order valence-electron chi connectivity index (χ4n) is 3.54. The van der Waals surface area contributed by atoms with Crippen LogP contribution < -0.4 is 5.32 Å². The number of aromatic nitrogens is 1. The van der Waals surface area contributed by atoms with Crippen molar-refractivity contribution >= 4 is 21.8 Å². The largest absolute Gasteiger partial charge is 0.339 e. The lowest BCUT2D eigenvalue weighted by atomic mass is 10.0. The Bertz CT molecular complexity index is 747. The Labute approximate surface area is 152 Å². The number of aryl methyl sites for hydroxylation is 1. The van der Waals surface area contributed by atoms with Crippen molar-refractivity contribution in [3.05, 3.63) is 51.8 Å². The summed E-state index contributed by atoms with van der Waals surface area (Å²) in [5.74, 6) is 0.122. The molecule has 3 rings (SSSR count). The van der Waals surface area contributed by atoms with Crippen LogP contribution in [0.1, 0.15) is 34.6 Å². The van der Waals surface area contributed by atoms with Gasteiger partial charge < -0.3 is 14.8 Å². The number of piperidine rings is 1. The van der Waals surface area contributed by atoms with E-state index in [-0.39, 0.29) is 5.91 Å². The molecule has 0 spiro atoms. The molecule has 1 aromatic heterocycles. The summed E-state index contributed by atoms with van der Waals surface area (Å²) in [6.45, 7) is 6.05. The molecule has 1 saturated heterocycles. The van der Waals surface area contributed by atoms with Crippen LogP contribution in [-0.4, -0.2) is 41.6 Å². The number of benzene rings is 1. The first-order chi connectivity index (χ1) is 11.5. The normalized spacial score (nSPS) is 15.5. The topological polar surface area (TPSA) is 37.3 Å². The summed E-state index contributed by atoms with van der Waals surface area (Å²) >= 11 is 3.53. The maximum absolute atomic E-state index is 13.0. The quantitative estimate of drug-likeness (QED) is 0.868. The van der Waals surface area contributed by atoms with Gasteiger partial charge in [0.25, 0.3) is 5.91 Å². The van der Waals surface area contributed by atoms with Crippen LogP contribution >= 0.6 is 15.9 Å². The van der Waals surface area contributed by atoms with Crippen molar-refractivity contribution in [3.8, 4) is 5.69 Å². The molecular formula is C19H24BrN3O. The van der Waals surface area contributed by atoms with Crippen LogP contribution in [0, 0.1) is 13.8 Å². The molecule has 2 heterocycles. The second-order valence-corrected chi connectivity index (χ2v) is 7.41. The zero-order valence-corrected chi connectivity index (χ0v) is 16.1. The van der Waals surface area contributed by atoms with Gasteiger partial charge in [-0.25, -0.2) is 0 Å². The van der Waals surface area contributed by atoms with E-state index in [1.54, 1.807) is 0 Å². The maximum Gasteiger partial charge on any atom is 0.255 e. The Kier molecular flexibility index (Phi) is 5.11. The highest BCUT2D eigenvalue weighted by Crippen LogP contribution is 2.25. The van der Waals surface area contributed by atoms with Crippen molar-refractivity contribution in [2.24, 2.45) is 0 Å². The third kappa shape index (κ3) is 3.28. The highest BCUT2D eigenvalue weighted by atomic mass is 79.9. The predicted octanol–water partition coefficient (Wildman–Crippen LogP) is 3.68. The molecular weight excluding hydrogens is 366 g/mol. The molecule has 0 atom stereocenters. The van der Waals surface area contributed by atoms with Crippen molar-refractivity contribution < 1.29 is 4.79 Å². The van der Waals surface area contributed by atoms with Gasteiger partial charge in [-0.2, -0.15) is 0 Å². The summed E-state index contributed by atoms with van der Waals surface area (Å²) in [5, 5.41) is 3.35. The van der Waals surface area contributed by atoms with Crippen LogP contribution in [0.15, 0.2) is 34.8 Å². The molecule has 128 valence electrons. The van der Waals surface area contributed by atoms with E-state index >= 15 is 0 Å². The monoisotopic (exact) mass is 389 g/mol. The Balaban J connectivity index is 1.92. The van der Waals surface area contributed by atoms with E-state index in [1.165, 1.54) is 0 Å². The molecule has 0 radical (unpaired) electrons. The fourth-order valence-corrected chi connectivity index (χ4v) is 3.93. The van der Waals surface area contributed by atoms with Crippen LogP contribution in [0.3, 0.4) is 0 Å². The van der Waals surface area contributed by atoms with Crippen LogP contribution in [0.5, 0.6) is 0 Å². The summed E-state index contributed by atoms with van der Waals surface area (Å²) in [7, 11) is 1.93. The first-order valence-corrected chi connectivity index (χ1v) is 9.21. The van der Waals surface area contributed by atoms with E-state index in [1.807, 2.05) is 37.1 Å². The lowest BCUT2D eigenvalue weighted by Gasteiger charge is -2.31. The number of rotatable bonds is 3. The minimum Gasteiger partial charge on any atom is -0.339 e. The Hall–Kier alpha value is -1.59. The highest BCUT2D eigenvalue weighted by Gasteiger charge is 2.25. The highest BCUT2D eigenvalue weighted by molar-refractivity contribution is 9.10. The molecule has 0 saturated carbocycles. The van der Waals surface area contributed by atoms with Gasteiger partial charge in [-0.3, -0.25) is 4.79 Å². The Morgan fingerprint density at radius 3 is 2.62 bits per heavy atom. The van der Waals surface area contributed by atoms with Crippen molar-refractivity contribution in [1.29, 1.82) is 0 Å². The zero-order chi connectivity index (χ0) is 17.3. The number of nitrogens with zero attached hydrogens (tertiary/aromatic N) is 2. The molecule has 4 nitrogen and oxygen atoms in total. The summed E-state index contributed by atoms with van der Waals surface area (Å²) in [6.07, 6.45) is 2.04. The van der Waals surface area contributed by atoms with Crippen LogP contribution in [0.4, 0.5) is 0 Å². The average molecular weight is 390 g/mol. The lowest BCUT2D eigenvalue weighted by molar-refractivity contribution is 0.0702. The van der Waals surface area contributed by atoms with Gasteiger partial charge in [-0.05, 0) is 64.0 Å². The zero-order valence-electron chi connectivity index (χ0n) is 14.5. The van der Waals surface area contributed by atoms with Gasteiger partial charge in [0.2, 0.25) is 0 Å².